The smallest absolute Gasteiger partial charge is 0.222 e. The van der Waals surface area contributed by atoms with Crippen LogP contribution in [0.15, 0.2) is 30.7 Å². The summed E-state index contributed by atoms with van der Waals surface area (Å²) in [5.74, 6) is 0.298. The molecule has 0 spiro atoms. The summed E-state index contributed by atoms with van der Waals surface area (Å²) in [6.07, 6.45) is 9.66. The van der Waals surface area contributed by atoms with Crippen LogP contribution in [0.1, 0.15) is 31.2 Å². The Balaban J connectivity index is 1.55. The predicted octanol–water partition coefficient (Wildman–Crippen LogP) is 1.97. The Hall–Kier alpha value is -2.21. The Labute approximate surface area is 142 Å². The molecule has 2 aromatic heterocycles. The number of hydrogen-bond acceptors (Lipinski definition) is 4. The second-order valence-corrected chi connectivity index (χ2v) is 6.29. The number of aryl methyl sites for hydroxylation is 1. The number of pyridine rings is 1. The summed E-state index contributed by atoms with van der Waals surface area (Å²) in [7, 11) is 1.93. The third-order valence-corrected chi connectivity index (χ3v) is 4.38. The van der Waals surface area contributed by atoms with Gasteiger partial charge >= 0.3 is 0 Å². The topological polar surface area (TPSA) is 63.1 Å². The minimum Gasteiger partial charge on any atom is -0.341 e. The highest BCUT2D eigenvalue weighted by molar-refractivity contribution is 5.76. The fourth-order valence-corrected chi connectivity index (χ4v) is 3.12. The van der Waals surface area contributed by atoms with Crippen molar-refractivity contribution in [3.05, 3.63) is 36.3 Å². The molecule has 0 atom stereocenters. The number of carbonyl (C=O) groups is 1. The van der Waals surface area contributed by atoms with E-state index in [1.54, 1.807) is 6.20 Å². The molecule has 0 unspecified atom stereocenters. The molecule has 6 nitrogen and oxygen atoms in total. The lowest BCUT2D eigenvalue weighted by Crippen LogP contribution is -2.36. The first-order valence-electron chi connectivity index (χ1n) is 8.65. The van der Waals surface area contributed by atoms with Gasteiger partial charge in [-0.15, -0.1) is 0 Å². The summed E-state index contributed by atoms with van der Waals surface area (Å²) in [5.41, 5.74) is 3.13. The Bertz CT molecular complexity index is 667. The number of hydrogen-bond donors (Lipinski definition) is 1. The van der Waals surface area contributed by atoms with Crippen molar-refractivity contribution >= 4 is 5.91 Å². The van der Waals surface area contributed by atoms with E-state index in [2.05, 4.69) is 15.4 Å². The van der Waals surface area contributed by atoms with Crippen LogP contribution >= 0.6 is 0 Å². The molecule has 1 N–H and O–H groups in total. The first-order chi connectivity index (χ1) is 11.7. The molecule has 0 aliphatic carbocycles. The van der Waals surface area contributed by atoms with Crippen molar-refractivity contribution in [2.24, 2.45) is 7.05 Å². The number of likely N-dealkylation sites (tertiary alicyclic amines) is 1. The number of nitrogens with zero attached hydrogens (tertiary/aromatic N) is 4. The zero-order valence-corrected chi connectivity index (χ0v) is 14.2. The van der Waals surface area contributed by atoms with Crippen LogP contribution in [-0.2, 0) is 18.4 Å². The Morgan fingerprint density at radius 2 is 2.21 bits per heavy atom. The van der Waals surface area contributed by atoms with Crippen LogP contribution in [0.2, 0.25) is 0 Å². The molecule has 1 saturated heterocycles. The van der Waals surface area contributed by atoms with E-state index < -0.39 is 0 Å². The molecule has 128 valence electrons. The van der Waals surface area contributed by atoms with E-state index in [4.69, 9.17) is 0 Å². The molecule has 1 fully saturated rings. The lowest BCUT2D eigenvalue weighted by atomic mass is 10.1. The molecule has 1 aliphatic rings. The number of aromatic nitrogens is 3. The van der Waals surface area contributed by atoms with Gasteiger partial charge < -0.3 is 10.2 Å². The van der Waals surface area contributed by atoms with Gasteiger partial charge in [0.05, 0.1) is 5.69 Å². The van der Waals surface area contributed by atoms with E-state index >= 15 is 0 Å². The van der Waals surface area contributed by atoms with E-state index in [9.17, 15) is 4.79 Å². The van der Waals surface area contributed by atoms with Gasteiger partial charge in [-0.2, -0.15) is 5.10 Å². The molecule has 6 heteroatoms. The first kappa shape index (κ1) is 16.6. The summed E-state index contributed by atoms with van der Waals surface area (Å²) < 4.78 is 1.83. The van der Waals surface area contributed by atoms with Crippen molar-refractivity contribution in [1.29, 1.82) is 0 Å². The number of rotatable bonds is 6. The second-order valence-electron chi connectivity index (χ2n) is 6.29. The highest BCUT2D eigenvalue weighted by Gasteiger charge is 2.16. The van der Waals surface area contributed by atoms with Crippen LogP contribution in [0.25, 0.3) is 11.3 Å². The Morgan fingerprint density at radius 3 is 3.04 bits per heavy atom. The summed E-state index contributed by atoms with van der Waals surface area (Å²) in [4.78, 5) is 18.2. The van der Waals surface area contributed by atoms with E-state index in [0.717, 1.165) is 55.8 Å². The van der Waals surface area contributed by atoms with Gasteiger partial charge in [0.25, 0.3) is 0 Å². The molecule has 3 heterocycles. The lowest BCUT2D eigenvalue weighted by Gasteiger charge is -2.20. The van der Waals surface area contributed by atoms with Gasteiger partial charge in [-0.05, 0) is 25.0 Å². The molecule has 3 rings (SSSR count). The second kappa shape index (κ2) is 8.06. The van der Waals surface area contributed by atoms with Crippen molar-refractivity contribution < 1.29 is 4.79 Å². The standard InChI is InChI=1S/C18H25N5O/c1-22-14-16(18(21-22)15-6-5-8-19-12-15)13-20-9-11-23-10-4-2-3-7-17(23)24/h5-6,8,12,14,20H,2-4,7,9-11,13H2,1H3. The maximum absolute atomic E-state index is 12.0. The normalized spacial score (nSPS) is 15.5. The largest absolute Gasteiger partial charge is 0.341 e. The first-order valence-corrected chi connectivity index (χ1v) is 8.65. The average Bonchev–Trinajstić information content (AvgIpc) is 2.85. The molecule has 0 saturated carbocycles. The third-order valence-electron chi connectivity index (χ3n) is 4.38. The van der Waals surface area contributed by atoms with Crippen molar-refractivity contribution in [3.8, 4) is 11.3 Å². The number of amides is 1. The van der Waals surface area contributed by atoms with Crippen LogP contribution in [0.5, 0.6) is 0 Å². The van der Waals surface area contributed by atoms with Gasteiger partial charge in [0.1, 0.15) is 0 Å². The molecule has 0 radical (unpaired) electrons. The van der Waals surface area contributed by atoms with Gasteiger partial charge in [-0.1, -0.05) is 6.42 Å². The highest BCUT2D eigenvalue weighted by Crippen LogP contribution is 2.20. The monoisotopic (exact) mass is 327 g/mol. The van der Waals surface area contributed by atoms with Crippen LogP contribution in [0.4, 0.5) is 0 Å². The van der Waals surface area contributed by atoms with Crippen LogP contribution < -0.4 is 5.32 Å². The van der Waals surface area contributed by atoms with Crippen LogP contribution in [0, 0.1) is 0 Å². The zero-order valence-electron chi connectivity index (χ0n) is 14.2. The van der Waals surface area contributed by atoms with Gasteiger partial charge in [-0.3, -0.25) is 14.5 Å². The quantitative estimate of drug-likeness (QED) is 0.824. The fourth-order valence-electron chi connectivity index (χ4n) is 3.12. The molecular weight excluding hydrogens is 302 g/mol. The van der Waals surface area contributed by atoms with Crippen molar-refractivity contribution in [2.45, 2.75) is 32.2 Å². The molecule has 1 amide bonds. The highest BCUT2D eigenvalue weighted by atomic mass is 16.2. The maximum Gasteiger partial charge on any atom is 0.222 e. The van der Waals surface area contributed by atoms with Gasteiger partial charge in [0.2, 0.25) is 5.91 Å². The number of carbonyl (C=O) groups excluding carboxylic acids is 1. The van der Waals surface area contributed by atoms with Crippen LogP contribution in [0.3, 0.4) is 0 Å². The zero-order chi connectivity index (χ0) is 16.8. The molecule has 2 aromatic rings. The minimum absolute atomic E-state index is 0.298. The van der Waals surface area contributed by atoms with E-state index in [1.165, 1.54) is 6.42 Å². The lowest BCUT2D eigenvalue weighted by molar-refractivity contribution is -0.130. The Morgan fingerprint density at radius 1 is 1.29 bits per heavy atom. The molecule has 24 heavy (non-hydrogen) atoms. The van der Waals surface area contributed by atoms with Crippen molar-refractivity contribution in [1.82, 2.24) is 25.0 Å². The Kier molecular flexibility index (Phi) is 5.59. The molecule has 0 bridgehead atoms. The van der Waals surface area contributed by atoms with Gasteiger partial charge in [-0.25, -0.2) is 0 Å². The fraction of sp³-hybridized carbons (Fsp3) is 0.500. The van der Waals surface area contributed by atoms with Gasteiger partial charge in [0, 0.05) is 69.4 Å². The summed E-state index contributed by atoms with van der Waals surface area (Å²) in [6.45, 7) is 3.21. The van der Waals surface area contributed by atoms with Crippen molar-refractivity contribution in [2.75, 3.05) is 19.6 Å². The minimum atomic E-state index is 0.298. The van der Waals surface area contributed by atoms with Crippen molar-refractivity contribution in [3.63, 3.8) is 0 Å². The van der Waals surface area contributed by atoms with E-state index in [0.29, 0.717) is 12.3 Å². The maximum atomic E-state index is 12.0. The van der Waals surface area contributed by atoms with E-state index in [1.807, 2.05) is 41.2 Å². The molecule has 0 aromatic carbocycles. The third kappa shape index (κ3) is 4.20. The van der Waals surface area contributed by atoms with E-state index in [-0.39, 0.29) is 0 Å². The van der Waals surface area contributed by atoms with Crippen LogP contribution in [-0.4, -0.2) is 45.2 Å². The van der Waals surface area contributed by atoms with Gasteiger partial charge in [0.15, 0.2) is 0 Å². The summed E-state index contributed by atoms with van der Waals surface area (Å²) >= 11 is 0. The summed E-state index contributed by atoms with van der Waals surface area (Å²) in [5, 5.41) is 7.99. The average molecular weight is 327 g/mol. The predicted molar refractivity (Wildman–Crippen MR) is 93.2 cm³/mol. The summed E-state index contributed by atoms with van der Waals surface area (Å²) in [6, 6.07) is 3.95. The SMILES string of the molecule is Cn1cc(CNCCN2CCCCCC2=O)c(-c2cccnc2)n1. The number of nitrogens with one attached hydrogen (secondary N) is 1. The molecular formula is C18H25N5O. The molecule has 1 aliphatic heterocycles.